The van der Waals surface area contributed by atoms with Crippen LogP contribution >= 0.6 is 0 Å². The second-order valence-electron chi connectivity index (χ2n) is 5.87. The lowest BCUT2D eigenvalue weighted by atomic mass is 10.1. The van der Waals surface area contributed by atoms with Crippen LogP contribution in [-0.2, 0) is 9.59 Å². The van der Waals surface area contributed by atoms with Crippen molar-refractivity contribution in [2.24, 2.45) is 0 Å². The van der Waals surface area contributed by atoms with E-state index in [4.69, 9.17) is 4.74 Å². The number of nitrogens with one attached hydrogen (secondary N) is 1. The van der Waals surface area contributed by atoms with E-state index in [1.165, 1.54) is 4.90 Å². The molecule has 1 aliphatic heterocycles. The Morgan fingerprint density at radius 2 is 1.88 bits per heavy atom. The molecule has 0 saturated heterocycles. The fourth-order valence-corrected chi connectivity index (χ4v) is 2.79. The van der Waals surface area contributed by atoms with E-state index in [-0.39, 0.29) is 12.3 Å². The molecule has 26 heavy (non-hydrogen) atoms. The zero-order valence-electron chi connectivity index (χ0n) is 13.8. The summed E-state index contributed by atoms with van der Waals surface area (Å²) in [5, 5.41) is 2.71. The molecule has 3 rings (SSSR count). The van der Waals surface area contributed by atoms with Crippen molar-refractivity contribution in [1.29, 1.82) is 0 Å². The first-order valence-corrected chi connectivity index (χ1v) is 7.85. The SMILES string of the molecule is CC1CC(=O)Nc2ccccc2N1C(=O)COc1cc(F)c(F)cc1F. The van der Waals surface area contributed by atoms with Gasteiger partial charge in [-0.3, -0.25) is 9.59 Å². The van der Waals surface area contributed by atoms with Crippen LogP contribution in [-0.4, -0.2) is 24.5 Å². The lowest BCUT2D eigenvalue weighted by Crippen LogP contribution is -2.41. The van der Waals surface area contributed by atoms with Crippen molar-refractivity contribution >= 4 is 23.2 Å². The topological polar surface area (TPSA) is 58.6 Å². The minimum Gasteiger partial charge on any atom is -0.481 e. The fourth-order valence-electron chi connectivity index (χ4n) is 2.79. The minimum absolute atomic E-state index is 0.0694. The molecule has 8 heteroatoms. The third-order valence-electron chi connectivity index (χ3n) is 3.95. The molecule has 2 aromatic rings. The number of halogens is 3. The number of ether oxygens (including phenoxy) is 1. The summed E-state index contributed by atoms with van der Waals surface area (Å²) in [6.45, 7) is 1.09. The Kier molecular flexibility index (Phi) is 4.83. The number of fused-ring (bicyclic) bond motifs is 1. The summed E-state index contributed by atoms with van der Waals surface area (Å²) in [5.41, 5.74) is 0.944. The van der Waals surface area contributed by atoms with Crippen molar-refractivity contribution < 1.29 is 27.5 Å². The zero-order chi connectivity index (χ0) is 18.8. The second kappa shape index (κ2) is 7.07. The molecule has 0 saturated carbocycles. The maximum absolute atomic E-state index is 13.6. The molecule has 1 N–H and O–H groups in total. The summed E-state index contributed by atoms with van der Waals surface area (Å²) in [4.78, 5) is 25.9. The summed E-state index contributed by atoms with van der Waals surface area (Å²) in [6, 6.07) is 7.16. The number of anilines is 2. The maximum atomic E-state index is 13.6. The predicted molar refractivity (Wildman–Crippen MR) is 88.4 cm³/mol. The first kappa shape index (κ1) is 17.8. The van der Waals surface area contributed by atoms with Gasteiger partial charge >= 0.3 is 0 Å². The van der Waals surface area contributed by atoms with Crippen molar-refractivity contribution in [3.63, 3.8) is 0 Å². The van der Waals surface area contributed by atoms with Crippen LogP contribution in [0.15, 0.2) is 36.4 Å². The van der Waals surface area contributed by atoms with E-state index in [1.54, 1.807) is 31.2 Å². The molecule has 1 heterocycles. The molecular formula is C18H15F3N2O3. The number of para-hydroxylation sites is 2. The van der Waals surface area contributed by atoms with Crippen molar-refractivity contribution in [2.75, 3.05) is 16.8 Å². The van der Waals surface area contributed by atoms with Gasteiger partial charge in [-0.25, -0.2) is 13.2 Å². The third-order valence-corrected chi connectivity index (χ3v) is 3.95. The molecule has 0 aliphatic carbocycles. The lowest BCUT2D eigenvalue weighted by Gasteiger charge is -2.27. The summed E-state index contributed by atoms with van der Waals surface area (Å²) in [5.74, 6) is -5.10. The van der Waals surface area contributed by atoms with E-state index in [1.807, 2.05) is 0 Å². The molecule has 0 radical (unpaired) electrons. The number of benzene rings is 2. The van der Waals surface area contributed by atoms with Gasteiger partial charge < -0.3 is 15.0 Å². The third kappa shape index (κ3) is 3.49. The Morgan fingerprint density at radius 3 is 2.65 bits per heavy atom. The Bertz CT molecular complexity index is 873. The van der Waals surface area contributed by atoms with Crippen LogP contribution in [0.3, 0.4) is 0 Å². The zero-order valence-corrected chi connectivity index (χ0v) is 13.8. The predicted octanol–water partition coefficient (Wildman–Crippen LogP) is 3.25. The van der Waals surface area contributed by atoms with Gasteiger partial charge in [-0.1, -0.05) is 12.1 Å². The molecule has 0 fully saturated rings. The highest BCUT2D eigenvalue weighted by atomic mass is 19.2. The molecule has 2 amide bonds. The molecule has 136 valence electrons. The molecular weight excluding hydrogens is 349 g/mol. The van der Waals surface area contributed by atoms with Gasteiger partial charge in [-0.2, -0.15) is 0 Å². The average molecular weight is 364 g/mol. The Labute approximate surface area is 147 Å². The number of carbonyl (C=O) groups is 2. The summed E-state index contributed by atoms with van der Waals surface area (Å²) >= 11 is 0. The number of nitrogens with zero attached hydrogens (tertiary/aromatic N) is 1. The van der Waals surface area contributed by atoms with E-state index >= 15 is 0 Å². The maximum Gasteiger partial charge on any atom is 0.265 e. The summed E-state index contributed by atoms with van der Waals surface area (Å²) in [6.07, 6.45) is 0.0694. The number of carbonyl (C=O) groups excluding carboxylic acids is 2. The molecule has 1 atom stereocenters. The van der Waals surface area contributed by atoms with Crippen molar-refractivity contribution in [3.8, 4) is 5.75 Å². The highest BCUT2D eigenvalue weighted by Crippen LogP contribution is 2.31. The molecule has 1 unspecified atom stereocenters. The number of hydrogen-bond acceptors (Lipinski definition) is 3. The molecule has 0 bridgehead atoms. The molecule has 0 spiro atoms. The summed E-state index contributed by atoms with van der Waals surface area (Å²) < 4.78 is 44.9. The number of hydrogen-bond donors (Lipinski definition) is 1. The standard InChI is InChI=1S/C18H15F3N2O3/c1-10-6-17(24)22-14-4-2-3-5-15(14)23(10)18(25)9-26-16-8-12(20)11(19)7-13(16)21/h2-5,7-8,10H,6,9H2,1H3,(H,22,24). The van der Waals surface area contributed by atoms with Gasteiger partial charge in [-0.15, -0.1) is 0 Å². The van der Waals surface area contributed by atoms with Crippen LogP contribution in [0.1, 0.15) is 13.3 Å². The van der Waals surface area contributed by atoms with Gasteiger partial charge in [0.25, 0.3) is 5.91 Å². The highest BCUT2D eigenvalue weighted by Gasteiger charge is 2.30. The van der Waals surface area contributed by atoms with Gasteiger partial charge in [0.2, 0.25) is 5.91 Å². The van der Waals surface area contributed by atoms with Crippen LogP contribution in [0.25, 0.3) is 0 Å². The van der Waals surface area contributed by atoms with Crippen LogP contribution < -0.4 is 15.0 Å². The van der Waals surface area contributed by atoms with E-state index in [2.05, 4.69) is 5.32 Å². The average Bonchev–Trinajstić information content (AvgIpc) is 2.71. The lowest BCUT2D eigenvalue weighted by molar-refractivity contribution is -0.121. The number of amides is 2. The summed E-state index contributed by atoms with van der Waals surface area (Å²) in [7, 11) is 0. The quantitative estimate of drug-likeness (QED) is 0.851. The van der Waals surface area contributed by atoms with Gasteiger partial charge in [0.05, 0.1) is 11.4 Å². The van der Waals surface area contributed by atoms with Gasteiger partial charge in [0.1, 0.15) is 0 Å². The van der Waals surface area contributed by atoms with Gasteiger partial charge in [0, 0.05) is 24.6 Å². The normalized spacial score (nSPS) is 16.5. The van der Waals surface area contributed by atoms with Crippen LogP contribution in [0.5, 0.6) is 5.75 Å². The van der Waals surface area contributed by atoms with Crippen LogP contribution in [0.4, 0.5) is 24.5 Å². The monoisotopic (exact) mass is 364 g/mol. The fraction of sp³-hybridized carbons (Fsp3) is 0.222. The first-order chi connectivity index (χ1) is 12.4. The molecule has 2 aromatic carbocycles. The molecule has 0 aromatic heterocycles. The van der Waals surface area contributed by atoms with E-state index in [0.717, 1.165) is 0 Å². The molecule has 5 nitrogen and oxygen atoms in total. The second-order valence-corrected chi connectivity index (χ2v) is 5.87. The van der Waals surface area contributed by atoms with Gasteiger partial charge in [-0.05, 0) is 19.1 Å². The Morgan fingerprint density at radius 1 is 1.19 bits per heavy atom. The minimum atomic E-state index is -1.35. The Hall–Kier alpha value is -3.03. The van der Waals surface area contributed by atoms with E-state index in [0.29, 0.717) is 23.5 Å². The highest BCUT2D eigenvalue weighted by molar-refractivity contribution is 6.04. The smallest absolute Gasteiger partial charge is 0.265 e. The van der Waals surface area contributed by atoms with Crippen LogP contribution in [0.2, 0.25) is 0 Å². The van der Waals surface area contributed by atoms with Crippen molar-refractivity contribution in [3.05, 3.63) is 53.8 Å². The van der Waals surface area contributed by atoms with E-state index < -0.39 is 41.8 Å². The van der Waals surface area contributed by atoms with Crippen molar-refractivity contribution in [2.45, 2.75) is 19.4 Å². The van der Waals surface area contributed by atoms with Crippen molar-refractivity contribution in [1.82, 2.24) is 0 Å². The first-order valence-electron chi connectivity index (χ1n) is 7.85. The van der Waals surface area contributed by atoms with Crippen LogP contribution in [0, 0.1) is 17.5 Å². The largest absolute Gasteiger partial charge is 0.481 e. The van der Waals surface area contributed by atoms with E-state index in [9.17, 15) is 22.8 Å². The van der Waals surface area contributed by atoms with Gasteiger partial charge in [0.15, 0.2) is 29.8 Å². The Balaban J connectivity index is 1.83. The number of rotatable bonds is 3. The molecule has 1 aliphatic rings.